The van der Waals surface area contributed by atoms with Gasteiger partial charge in [0.05, 0.1) is 6.42 Å². The number of rotatable bonds is 8. The second-order valence-electron chi connectivity index (χ2n) is 3.78. The summed E-state index contributed by atoms with van der Waals surface area (Å²) in [5, 5.41) is 8.49. The fraction of sp³-hybridized carbons (Fsp3) is 0.818. The summed E-state index contributed by atoms with van der Waals surface area (Å²) < 4.78 is 0. The second-order valence-corrected chi connectivity index (χ2v) is 3.78. The summed E-state index contributed by atoms with van der Waals surface area (Å²) in [5.74, 6) is -1.13. The molecule has 0 fully saturated rings. The zero-order chi connectivity index (χ0) is 11.0. The lowest BCUT2D eigenvalue weighted by atomic mass is 9.98. The average Bonchev–Trinajstić information content (AvgIpc) is 2.11. The van der Waals surface area contributed by atoms with Crippen molar-refractivity contribution in [3.63, 3.8) is 0 Å². The number of Topliss-reactive ketones (excluding diaryl/α,β-unsaturated/α-hetero) is 1. The Bertz CT molecular complexity index is 187. The number of ketones is 1. The molecular weight excluding hydrogens is 180 g/mol. The van der Waals surface area contributed by atoms with E-state index in [0.29, 0.717) is 6.42 Å². The fourth-order valence-electron chi connectivity index (χ4n) is 1.35. The van der Waals surface area contributed by atoms with Gasteiger partial charge < -0.3 is 5.11 Å². The van der Waals surface area contributed by atoms with Gasteiger partial charge in [0.2, 0.25) is 0 Å². The molecule has 0 saturated carbocycles. The normalized spacial score (nSPS) is 12.4. The van der Waals surface area contributed by atoms with Crippen molar-refractivity contribution < 1.29 is 14.7 Å². The van der Waals surface area contributed by atoms with Gasteiger partial charge >= 0.3 is 5.97 Å². The predicted octanol–water partition coefficient (Wildman–Crippen LogP) is 2.64. The van der Waals surface area contributed by atoms with E-state index >= 15 is 0 Å². The summed E-state index contributed by atoms with van der Waals surface area (Å²) in [6.45, 7) is 3.81. The third kappa shape index (κ3) is 6.63. The molecule has 0 rings (SSSR count). The highest BCUT2D eigenvalue weighted by atomic mass is 16.4. The van der Waals surface area contributed by atoms with E-state index in [1.54, 1.807) is 6.92 Å². The van der Waals surface area contributed by atoms with Crippen LogP contribution in [-0.2, 0) is 9.59 Å². The van der Waals surface area contributed by atoms with Gasteiger partial charge in [-0.05, 0) is 6.42 Å². The molecule has 3 heteroatoms. The van der Waals surface area contributed by atoms with E-state index in [1.165, 1.54) is 0 Å². The zero-order valence-corrected chi connectivity index (χ0v) is 9.08. The quantitative estimate of drug-likeness (QED) is 0.613. The number of carboxylic acids is 1. The van der Waals surface area contributed by atoms with Crippen LogP contribution in [0.4, 0.5) is 0 Å². The maximum atomic E-state index is 11.4. The largest absolute Gasteiger partial charge is 0.481 e. The zero-order valence-electron chi connectivity index (χ0n) is 9.08. The van der Waals surface area contributed by atoms with E-state index in [-0.39, 0.29) is 18.1 Å². The van der Waals surface area contributed by atoms with Crippen LogP contribution in [0.25, 0.3) is 0 Å². The highest BCUT2D eigenvalue weighted by Crippen LogP contribution is 2.10. The molecule has 0 amide bonds. The first kappa shape index (κ1) is 13.1. The van der Waals surface area contributed by atoms with Crippen LogP contribution in [0.2, 0.25) is 0 Å². The molecule has 0 radical (unpaired) electrons. The van der Waals surface area contributed by atoms with Crippen molar-refractivity contribution in [1.29, 1.82) is 0 Å². The predicted molar refractivity (Wildman–Crippen MR) is 55.2 cm³/mol. The Kier molecular flexibility index (Phi) is 7.07. The van der Waals surface area contributed by atoms with E-state index in [1.807, 2.05) is 0 Å². The number of carboxylic acid groups (broad SMARTS) is 1. The summed E-state index contributed by atoms with van der Waals surface area (Å²) in [5.41, 5.74) is 0. The molecule has 0 saturated heterocycles. The summed E-state index contributed by atoms with van der Waals surface area (Å²) in [4.78, 5) is 21.7. The van der Waals surface area contributed by atoms with Crippen molar-refractivity contribution in [1.82, 2.24) is 0 Å². The molecule has 1 atom stereocenters. The summed E-state index contributed by atoms with van der Waals surface area (Å²) in [6.07, 6.45) is 4.78. The maximum Gasteiger partial charge on any atom is 0.304 e. The van der Waals surface area contributed by atoms with E-state index in [2.05, 4.69) is 6.92 Å². The average molecular weight is 200 g/mol. The van der Waals surface area contributed by atoms with Crippen LogP contribution in [0.5, 0.6) is 0 Å². The van der Waals surface area contributed by atoms with E-state index in [4.69, 9.17) is 5.11 Å². The van der Waals surface area contributed by atoms with Crippen molar-refractivity contribution >= 4 is 11.8 Å². The Morgan fingerprint density at radius 1 is 1.21 bits per heavy atom. The Labute approximate surface area is 85.5 Å². The Morgan fingerprint density at radius 2 is 1.86 bits per heavy atom. The van der Waals surface area contributed by atoms with E-state index < -0.39 is 5.97 Å². The van der Waals surface area contributed by atoms with Crippen LogP contribution in [-0.4, -0.2) is 16.9 Å². The van der Waals surface area contributed by atoms with Crippen LogP contribution in [0.1, 0.15) is 52.4 Å². The highest BCUT2D eigenvalue weighted by Gasteiger charge is 2.15. The third-order valence-corrected chi connectivity index (χ3v) is 2.31. The minimum absolute atomic E-state index is 0.0351. The molecule has 0 aliphatic rings. The number of unbranched alkanes of at least 4 members (excludes halogenated alkanes) is 3. The maximum absolute atomic E-state index is 11.4. The van der Waals surface area contributed by atoms with Gasteiger partial charge in [0.15, 0.2) is 0 Å². The molecule has 0 spiro atoms. The third-order valence-electron chi connectivity index (χ3n) is 2.31. The molecule has 14 heavy (non-hydrogen) atoms. The molecule has 1 unspecified atom stereocenters. The fourth-order valence-corrected chi connectivity index (χ4v) is 1.35. The van der Waals surface area contributed by atoms with Gasteiger partial charge in [-0.3, -0.25) is 9.59 Å². The molecule has 0 aliphatic carbocycles. The molecule has 0 bridgehead atoms. The van der Waals surface area contributed by atoms with Crippen LogP contribution >= 0.6 is 0 Å². The van der Waals surface area contributed by atoms with Gasteiger partial charge in [-0.2, -0.15) is 0 Å². The van der Waals surface area contributed by atoms with Crippen LogP contribution in [0.3, 0.4) is 0 Å². The molecule has 0 heterocycles. The summed E-state index contributed by atoms with van der Waals surface area (Å²) >= 11 is 0. The number of hydrogen-bond donors (Lipinski definition) is 1. The summed E-state index contributed by atoms with van der Waals surface area (Å²) in [7, 11) is 0. The molecular formula is C11H20O3. The molecule has 3 nitrogen and oxygen atoms in total. The molecule has 0 aromatic rings. The molecule has 1 N–H and O–H groups in total. The number of aliphatic carboxylic acids is 1. The Balaban J connectivity index is 3.57. The Morgan fingerprint density at radius 3 is 2.36 bits per heavy atom. The second kappa shape index (κ2) is 7.54. The van der Waals surface area contributed by atoms with Crippen LogP contribution in [0, 0.1) is 5.92 Å². The smallest absolute Gasteiger partial charge is 0.304 e. The monoisotopic (exact) mass is 200 g/mol. The topological polar surface area (TPSA) is 54.4 Å². The number of carbonyl (C=O) groups is 2. The van der Waals surface area contributed by atoms with Gasteiger partial charge in [0.1, 0.15) is 5.78 Å². The van der Waals surface area contributed by atoms with Gasteiger partial charge in [-0.15, -0.1) is 0 Å². The standard InChI is InChI=1S/C11H20O3/c1-3-4-5-6-7-10(12)9(2)8-11(13)14/h9H,3-8H2,1-2H3,(H,13,14). The van der Waals surface area contributed by atoms with Crippen molar-refractivity contribution in [3.8, 4) is 0 Å². The van der Waals surface area contributed by atoms with Gasteiger partial charge in [-0.25, -0.2) is 0 Å². The SMILES string of the molecule is CCCCCCC(=O)C(C)CC(=O)O. The minimum Gasteiger partial charge on any atom is -0.481 e. The number of carbonyl (C=O) groups excluding carboxylic acids is 1. The lowest BCUT2D eigenvalue weighted by Crippen LogP contribution is -2.14. The van der Waals surface area contributed by atoms with Crippen molar-refractivity contribution in [2.45, 2.75) is 52.4 Å². The lowest BCUT2D eigenvalue weighted by molar-refractivity contribution is -0.140. The first-order valence-electron chi connectivity index (χ1n) is 5.32. The van der Waals surface area contributed by atoms with Crippen LogP contribution < -0.4 is 0 Å². The van der Waals surface area contributed by atoms with Gasteiger partial charge in [-0.1, -0.05) is 33.1 Å². The van der Waals surface area contributed by atoms with E-state index in [0.717, 1.165) is 25.7 Å². The first-order valence-corrected chi connectivity index (χ1v) is 5.32. The molecule has 0 aromatic carbocycles. The molecule has 0 aliphatic heterocycles. The first-order chi connectivity index (χ1) is 6.57. The van der Waals surface area contributed by atoms with Gasteiger partial charge in [0, 0.05) is 12.3 Å². The minimum atomic E-state index is -0.889. The highest BCUT2D eigenvalue weighted by molar-refractivity contribution is 5.84. The molecule has 0 aromatic heterocycles. The van der Waals surface area contributed by atoms with Gasteiger partial charge in [0.25, 0.3) is 0 Å². The lowest BCUT2D eigenvalue weighted by Gasteiger charge is -2.06. The number of hydrogen-bond acceptors (Lipinski definition) is 2. The summed E-state index contributed by atoms with van der Waals surface area (Å²) in [6, 6.07) is 0. The van der Waals surface area contributed by atoms with E-state index in [9.17, 15) is 9.59 Å². The Hall–Kier alpha value is -0.860. The van der Waals surface area contributed by atoms with Crippen LogP contribution in [0.15, 0.2) is 0 Å². The van der Waals surface area contributed by atoms with Crippen molar-refractivity contribution in [2.24, 2.45) is 5.92 Å². The van der Waals surface area contributed by atoms with Crippen molar-refractivity contribution in [2.75, 3.05) is 0 Å². The van der Waals surface area contributed by atoms with Crippen molar-refractivity contribution in [3.05, 3.63) is 0 Å². The molecule has 82 valence electrons.